The Bertz CT molecular complexity index is 621. The third-order valence-corrected chi connectivity index (χ3v) is 3.31. The first-order valence-corrected chi connectivity index (χ1v) is 6.75. The summed E-state index contributed by atoms with van der Waals surface area (Å²) in [6.07, 6.45) is 0. The maximum atomic E-state index is 9.96. The highest BCUT2D eigenvalue weighted by Crippen LogP contribution is 2.36. The molecule has 0 saturated heterocycles. The Kier molecular flexibility index (Phi) is 3.90. The monoisotopic (exact) mass is 298 g/mol. The molecule has 1 aromatic heterocycles. The molecule has 2 rings (SSSR count). The van der Waals surface area contributed by atoms with Gasteiger partial charge in [-0.3, -0.25) is 0 Å². The molecule has 0 amide bonds. The zero-order chi connectivity index (χ0) is 14.2. The van der Waals surface area contributed by atoms with Crippen molar-refractivity contribution in [1.29, 1.82) is 0 Å². The first-order valence-electron chi connectivity index (χ1n) is 5.99. The van der Waals surface area contributed by atoms with Crippen molar-refractivity contribution in [2.24, 2.45) is 0 Å². The normalized spacial score (nSPS) is 12.1. The van der Waals surface area contributed by atoms with E-state index < -0.39 is 0 Å². The Balaban J connectivity index is 2.42. The van der Waals surface area contributed by atoms with Crippen molar-refractivity contribution in [3.8, 4) is 5.75 Å². The summed E-state index contributed by atoms with van der Waals surface area (Å²) in [6, 6.07) is 5.26. The Morgan fingerprint density at radius 1 is 1.21 bits per heavy atom. The van der Waals surface area contributed by atoms with E-state index in [0.717, 1.165) is 5.69 Å². The number of phenolic OH excluding ortho intramolecular Hbond substituents is 1. The van der Waals surface area contributed by atoms with Gasteiger partial charge >= 0.3 is 0 Å². The smallest absolute Gasteiger partial charge is 0.160 e. The van der Waals surface area contributed by atoms with Crippen LogP contribution >= 0.6 is 23.2 Å². The molecule has 5 heteroatoms. The third kappa shape index (κ3) is 3.30. The first-order chi connectivity index (χ1) is 8.78. The molecule has 2 aromatic rings. The predicted octanol–water partition coefficient (Wildman–Crippen LogP) is 4.14. The van der Waals surface area contributed by atoms with E-state index in [1.165, 1.54) is 6.07 Å². The molecule has 2 N–H and O–H groups in total. The molecule has 0 radical (unpaired) electrons. The number of nitrogens with zero attached hydrogens (tertiary/aromatic N) is 1. The van der Waals surface area contributed by atoms with Crippen LogP contribution in [0.4, 0.5) is 0 Å². The van der Waals surface area contributed by atoms with E-state index >= 15 is 0 Å². The number of pyridine rings is 1. The van der Waals surface area contributed by atoms with Crippen LogP contribution in [-0.4, -0.2) is 15.6 Å². The van der Waals surface area contributed by atoms with Crippen molar-refractivity contribution in [2.45, 2.75) is 32.9 Å². The van der Waals surface area contributed by atoms with Crippen LogP contribution in [0.3, 0.4) is 0 Å². The minimum atomic E-state index is -0.0290. The van der Waals surface area contributed by atoms with Gasteiger partial charge in [-0.25, -0.2) is 4.98 Å². The molecule has 0 atom stereocenters. The highest BCUT2D eigenvalue weighted by Gasteiger charge is 2.13. The molecule has 0 aliphatic rings. The lowest BCUT2D eigenvalue weighted by Gasteiger charge is -2.20. The highest BCUT2D eigenvalue weighted by molar-refractivity contribution is 6.39. The van der Waals surface area contributed by atoms with Crippen molar-refractivity contribution in [3.05, 3.63) is 33.9 Å². The largest absolute Gasteiger partial charge is 0.504 e. The second-order valence-electron chi connectivity index (χ2n) is 5.49. The molecule has 1 heterocycles. The summed E-state index contributed by atoms with van der Waals surface area (Å²) in [7, 11) is 0. The second kappa shape index (κ2) is 5.16. The van der Waals surface area contributed by atoms with Crippen molar-refractivity contribution in [3.63, 3.8) is 0 Å². The van der Waals surface area contributed by atoms with E-state index in [-0.39, 0.29) is 16.3 Å². The Labute approximate surface area is 122 Å². The Morgan fingerprint density at radius 2 is 1.89 bits per heavy atom. The van der Waals surface area contributed by atoms with Gasteiger partial charge in [0.1, 0.15) is 5.52 Å². The lowest BCUT2D eigenvalue weighted by Crippen LogP contribution is -2.35. The van der Waals surface area contributed by atoms with Crippen molar-refractivity contribution >= 4 is 34.1 Å². The molecular weight excluding hydrogens is 283 g/mol. The molecule has 0 unspecified atom stereocenters. The summed E-state index contributed by atoms with van der Waals surface area (Å²) in [5.74, 6) is -0.0290. The zero-order valence-electron chi connectivity index (χ0n) is 11.1. The van der Waals surface area contributed by atoms with Crippen LogP contribution in [0.2, 0.25) is 10.0 Å². The number of aromatic nitrogens is 1. The average molecular weight is 299 g/mol. The fourth-order valence-corrected chi connectivity index (χ4v) is 2.21. The van der Waals surface area contributed by atoms with E-state index in [1.807, 2.05) is 12.1 Å². The number of hydrogen-bond donors (Lipinski definition) is 2. The van der Waals surface area contributed by atoms with Gasteiger partial charge in [-0.2, -0.15) is 0 Å². The van der Waals surface area contributed by atoms with Crippen LogP contribution < -0.4 is 5.32 Å². The Morgan fingerprint density at radius 3 is 2.53 bits per heavy atom. The van der Waals surface area contributed by atoms with Crippen LogP contribution in [0.15, 0.2) is 18.2 Å². The summed E-state index contributed by atoms with van der Waals surface area (Å²) in [4.78, 5) is 4.42. The van der Waals surface area contributed by atoms with E-state index in [9.17, 15) is 5.11 Å². The summed E-state index contributed by atoms with van der Waals surface area (Å²) in [5.41, 5.74) is 1.27. The van der Waals surface area contributed by atoms with E-state index in [2.05, 4.69) is 31.1 Å². The van der Waals surface area contributed by atoms with Gasteiger partial charge in [-0.05, 0) is 39.0 Å². The first kappa shape index (κ1) is 14.4. The van der Waals surface area contributed by atoms with Crippen molar-refractivity contribution in [1.82, 2.24) is 10.3 Å². The molecule has 0 bridgehead atoms. The number of rotatable bonds is 2. The average Bonchev–Trinajstić information content (AvgIpc) is 2.32. The third-order valence-electron chi connectivity index (χ3n) is 2.71. The lowest BCUT2D eigenvalue weighted by molar-refractivity contribution is 0.421. The molecular formula is C14H16Cl2N2O. The van der Waals surface area contributed by atoms with Gasteiger partial charge in [0.2, 0.25) is 0 Å². The standard InChI is InChI=1S/C14H16Cl2N2O/c1-14(2,3)17-7-8-4-5-9-10(15)6-11(16)13(19)12(9)18-8/h4-6,17,19H,7H2,1-3H3. The number of hydrogen-bond acceptors (Lipinski definition) is 3. The molecule has 0 aliphatic carbocycles. The van der Waals surface area contributed by atoms with Gasteiger partial charge in [0.25, 0.3) is 0 Å². The molecule has 0 saturated carbocycles. The fourth-order valence-electron chi connectivity index (χ4n) is 1.70. The van der Waals surface area contributed by atoms with Gasteiger partial charge in [0.15, 0.2) is 5.75 Å². The SMILES string of the molecule is CC(C)(C)NCc1ccc2c(Cl)cc(Cl)c(O)c2n1. The molecule has 1 aromatic carbocycles. The lowest BCUT2D eigenvalue weighted by atomic mass is 10.1. The van der Waals surface area contributed by atoms with Crippen molar-refractivity contribution < 1.29 is 5.11 Å². The van der Waals surface area contributed by atoms with Gasteiger partial charge in [-0.1, -0.05) is 23.2 Å². The molecule has 0 spiro atoms. The number of aromatic hydroxyl groups is 1. The summed E-state index contributed by atoms with van der Waals surface area (Å²) in [5, 5.41) is 14.7. The quantitative estimate of drug-likeness (QED) is 0.876. The van der Waals surface area contributed by atoms with E-state index in [0.29, 0.717) is 22.5 Å². The van der Waals surface area contributed by atoms with E-state index in [1.54, 1.807) is 0 Å². The topological polar surface area (TPSA) is 45.1 Å². The molecule has 0 aliphatic heterocycles. The van der Waals surface area contributed by atoms with Gasteiger partial charge in [0, 0.05) is 17.5 Å². The maximum Gasteiger partial charge on any atom is 0.160 e. The molecule has 3 nitrogen and oxygen atoms in total. The van der Waals surface area contributed by atoms with Crippen LogP contribution in [0.1, 0.15) is 26.5 Å². The molecule has 19 heavy (non-hydrogen) atoms. The second-order valence-corrected chi connectivity index (χ2v) is 6.31. The van der Waals surface area contributed by atoms with Crippen LogP contribution in [0.25, 0.3) is 10.9 Å². The number of phenols is 1. The van der Waals surface area contributed by atoms with Gasteiger partial charge in [0.05, 0.1) is 15.7 Å². The highest BCUT2D eigenvalue weighted by atomic mass is 35.5. The van der Waals surface area contributed by atoms with Crippen molar-refractivity contribution in [2.75, 3.05) is 0 Å². The number of benzene rings is 1. The predicted molar refractivity (Wildman–Crippen MR) is 80.0 cm³/mol. The number of halogens is 2. The summed E-state index contributed by atoms with van der Waals surface area (Å²) < 4.78 is 0. The van der Waals surface area contributed by atoms with E-state index in [4.69, 9.17) is 23.2 Å². The van der Waals surface area contributed by atoms with Crippen LogP contribution in [0, 0.1) is 0 Å². The molecule has 102 valence electrons. The minimum absolute atomic E-state index is 0.00462. The van der Waals surface area contributed by atoms with Gasteiger partial charge in [-0.15, -0.1) is 0 Å². The molecule has 0 fully saturated rings. The Hall–Kier alpha value is -1.03. The minimum Gasteiger partial charge on any atom is -0.504 e. The van der Waals surface area contributed by atoms with Gasteiger partial charge < -0.3 is 10.4 Å². The number of fused-ring (bicyclic) bond motifs is 1. The number of nitrogens with one attached hydrogen (secondary N) is 1. The fraction of sp³-hybridized carbons (Fsp3) is 0.357. The van der Waals surface area contributed by atoms with Crippen LogP contribution in [0.5, 0.6) is 5.75 Å². The summed E-state index contributed by atoms with van der Waals surface area (Å²) >= 11 is 12.0. The summed E-state index contributed by atoms with van der Waals surface area (Å²) in [6.45, 7) is 6.86. The van der Waals surface area contributed by atoms with Crippen LogP contribution in [-0.2, 0) is 6.54 Å². The zero-order valence-corrected chi connectivity index (χ0v) is 12.6. The maximum absolute atomic E-state index is 9.96.